The van der Waals surface area contributed by atoms with Crippen molar-refractivity contribution in [1.29, 1.82) is 0 Å². The standard InChI is InChI=1S/C16H22FNO3/c1-11-9-18(10-12(2)21-11)15(8-16(19)20)7-13-3-5-14(17)6-4-13/h3-6,11-12,15H,7-10H2,1-2H3,(H,19,20). The molecule has 0 aliphatic carbocycles. The van der Waals surface area contributed by atoms with Gasteiger partial charge in [-0.05, 0) is 38.0 Å². The number of rotatable bonds is 5. The average molecular weight is 295 g/mol. The second-order valence-electron chi connectivity index (χ2n) is 5.79. The first-order chi connectivity index (χ1) is 9.94. The summed E-state index contributed by atoms with van der Waals surface area (Å²) in [5, 5.41) is 9.15. The highest BCUT2D eigenvalue weighted by Gasteiger charge is 2.29. The van der Waals surface area contributed by atoms with E-state index in [4.69, 9.17) is 9.84 Å². The maximum absolute atomic E-state index is 13.0. The Morgan fingerprint density at radius 2 is 1.90 bits per heavy atom. The predicted molar refractivity (Wildman–Crippen MR) is 77.7 cm³/mol. The zero-order valence-corrected chi connectivity index (χ0v) is 12.5. The van der Waals surface area contributed by atoms with Crippen LogP contribution in [0.4, 0.5) is 4.39 Å². The van der Waals surface area contributed by atoms with Gasteiger partial charge < -0.3 is 9.84 Å². The average Bonchev–Trinajstić information content (AvgIpc) is 2.39. The van der Waals surface area contributed by atoms with Gasteiger partial charge in [-0.3, -0.25) is 9.69 Å². The van der Waals surface area contributed by atoms with Crippen LogP contribution in [0.5, 0.6) is 0 Å². The van der Waals surface area contributed by atoms with Crippen molar-refractivity contribution < 1.29 is 19.0 Å². The summed E-state index contributed by atoms with van der Waals surface area (Å²) in [5.41, 5.74) is 0.953. The third-order valence-corrected chi connectivity index (χ3v) is 3.76. The minimum Gasteiger partial charge on any atom is -0.481 e. The molecule has 21 heavy (non-hydrogen) atoms. The summed E-state index contributed by atoms with van der Waals surface area (Å²) in [4.78, 5) is 13.3. The molecule has 1 saturated heterocycles. The van der Waals surface area contributed by atoms with E-state index < -0.39 is 5.97 Å². The number of carbonyl (C=O) groups is 1. The number of benzene rings is 1. The van der Waals surface area contributed by atoms with Crippen LogP contribution in [0.2, 0.25) is 0 Å². The molecule has 116 valence electrons. The molecule has 1 aromatic carbocycles. The number of hydrogen-bond acceptors (Lipinski definition) is 3. The molecule has 5 heteroatoms. The van der Waals surface area contributed by atoms with Gasteiger partial charge in [-0.1, -0.05) is 12.1 Å². The van der Waals surface area contributed by atoms with Gasteiger partial charge in [0.05, 0.1) is 18.6 Å². The summed E-state index contributed by atoms with van der Waals surface area (Å²) in [5.74, 6) is -1.09. The highest BCUT2D eigenvalue weighted by atomic mass is 19.1. The lowest BCUT2D eigenvalue weighted by molar-refractivity contribution is -0.140. The Hall–Kier alpha value is -1.46. The van der Waals surface area contributed by atoms with Crippen LogP contribution in [0.15, 0.2) is 24.3 Å². The van der Waals surface area contributed by atoms with Gasteiger partial charge in [0, 0.05) is 19.1 Å². The second-order valence-corrected chi connectivity index (χ2v) is 5.79. The molecule has 1 aliphatic rings. The molecule has 0 bridgehead atoms. The number of morpholine rings is 1. The fourth-order valence-electron chi connectivity index (χ4n) is 2.94. The highest BCUT2D eigenvalue weighted by Crippen LogP contribution is 2.19. The SMILES string of the molecule is CC1CN(C(CC(=O)O)Cc2ccc(F)cc2)CC(C)O1. The lowest BCUT2D eigenvalue weighted by Gasteiger charge is -2.40. The Morgan fingerprint density at radius 1 is 1.33 bits per heavy atom. The van der Waals surface area contributed by atoms with Gasteiger partial charge in [-0.2, -0.15) is 0 Å². The van der Waals surface area contributed by atoms with Crippen molar-refractivity contribution in [2.75, 3.05) is 13.1 Å². The van der Waals surface area contributed by atoms with Crippen molar-refractivity contribution in [3.63, 3.8) is 0 Å². The van der Waals surface area contributed by atoms with E-state index in [2.05, 4.69) is 4.90 Å². The first-order valence-electron chi connectivity index (χ1n) is 7.29. The first-order valence-corrected chi connectivity index (χ1v) is 7.29. The molecule has 1 aliphatic heterocycles. The van der Waals surface area contributed by atoms with E-state index in [1.54, 1.807) is 12.1 Å². The molecule has 1 heterocycles. The van der Waals surface area contributed by atoms with Crippen molar-refractivity contribution in [2.45, 2.75) is 44.9 Å². The lowest BCUT2D eigenvalue weighted by Crippen LogP contribution is -2.51. The van der Waals surface area contributed by atoms with Gasteiger partial charge in [0.1, 0.15) is 5.82 Å². The molecule has 1 aromatic rings. The topological polar surface area (TPSA) is 49.8 Å². The number of halogens is 1. The zero-order chi connectivity index (χ0) is 15.4. The fourth-order valence-corrected chi connectivity index (χ4v) is 2.94. The molecule has 0 spiro atoms. The second kappa shape index (κ2) is 7.00. The van der Waals surface area contributed by atoms with E-state index in [0.29, 0.717) is 6.42 Å². The van der Waals surface area contributed by atoms with E-state index >= 15 is 0 Å². The summed E-state index contributed by atoms with van der Waals surface area (Å²) >= 11 is 0. The Labute approximate surface area is 124 Å². The van der Waals surface area contributed by atoms with Crippen molar-refractivity contribution >= 4 is 5.97 Å². The summed E-state index contributed by atoms with van der Waals surface area (Å²) < 4.78 is 18.7. The van der Waals surface area contributed by atoms with E-state index in [0.717, 1.165) is 18.7 Å². The molecule has 3 atom stereocenters. The third kappa shape index (κ3) is 4.79. The van der Waals surface area contributed by atoms with Crippen LogP contribution < -0.4 is 0 Å². The molecule has 4 nitrogen and oxygen atoms in total. The Morgan fingerprint density at radius 3 is 2.43 bits per heavy atom. The molecule has 1 N–H and O–H groups in total. The fraction of sp³-hybridized carbons (Fsp3) is 0.562. The zero-order valence-electron chi connectivity index (χ0n) is 12.5. The normalized spacial score (nSPS) is 24.7. The van der Waals surface area contributed by atoms with Gasteiger partial charge in [-0.15, -0.1) is 0 Å². The van der Waals surface area contributed by atoms with E-state index in [1.165, 1.54) is 12.1 Å². The minimum absolute atomic E-state index is 0.0802. The number of ether oxygens (including phenoxy) is 1. The van der Waals surface area contributed by atoms with Gasteiger partial charge >= 0.3 is 5.97 Å². The molecule has 0 saturated carbocycles. The third-order valence-electron chi connectivity index (χ3n) is 3.76. The number of carboxylic acid groups (broad SMARTS) is 1. The highest BCUT2D eigenvalue weighted by molar-refractivity contribution is 5.67. The molecule has 0 aromatic heterocycles. The summed E-state index contributed by atoms with van der Waals surface area (Å²) in [6, 6.07) is 6.17. The van der Waals surface area contributed by atoms with Crippen LogP contribution in [-0.2, 0) is 16.0 Å². The number of hydrogen-bond donors (Lipinski definition) is 1. The number of aliphatic carboxylic acids is 1. The number of carboxylic acids is 1. The summed E-state index contributed by atoms with van der Waals surface area (Å²) in [6.07, 6.45) is 0.875. The maximum Gasteiger partial charge on any atom is 0.304 e. The van der Waals surface area contributed by atoms with Gasteiger partial charge in [0.25, 0.3) is 0 Å². The molecule has 1 fully saturated rings. The molecule has 0 radical (unpaired) electrons. The molecule has 3 unspecified atom stereocenters. The van der Waals surface area contributed by atoms with Crippen LogP contribution in [0.3, 0.4) is 0 Å². The van der Waals surface area contributed by atoms with E-state index in [-0.39, 0.29) is 30.5 Å². The smallest absolute Gasteiger partial charge is 0.304 e. The predicted octanol–water partition coefficient (Wildman–Crippen LogP) is 2.32. The monoisotopic (exact) mass is 295 g/mol. The van der Waals surface area contributed by atoms with Gasteiger partial charge in [0.2, 0.25) is 0 Å². The summed E-state index contributed by atoms with van der Waals surface area (Å²) in [7, 11) is 0. The van der Waals surface area contributed by atoms with Crippen molar-refractivity contribution in [1.82, 2.24) is 4.90 Å². The molecule has 2 rings (SSSR count). The molecular formula is C16H22FNO3. The van der Waals surface area contributed by atoms with Crippen molar-refractivity contribution in [3.8, 4) is 0 Å². The quantitative estimate of drug-likeness (QED) is 0.905. The van der Waals surface area contributed by atoms with Crippen LogP contribution >= 0.6 is 0 Å². The van der Waals surface area contributed by atoms with Crippen LogP contribution in [-0.4, -0.2) is 47.3 Å². The van der Waals surface area contributed by atoms with Crippen molar-refractivity contribution in [3.05, 3.63) is 35.6 Å². The largest absolute Gasteiger partial charge is 0.481 e. The number of nitrogens with zero attached hydrogens (tertiary/aromatic N) is 1. The van der Waals surface area contributed by atoms with Crippen LogP contribution in [0, 0.1) is 5.82 Å². The Bertz CT molecular complexity index is 467. The van der Waals surface area contributed by atoms with E-state index in [1.807, 2.05) is 13.8 Å². The maximum atomic E-state index is 13.0. The van der Waals surface area contributed by atoms with Gasteiger partial charge in [0.15, 0.2) is 0 Å². The lowest BCUT2D eigenvalue weighted by atomic mass is 10.00. The van der Waals surface area contributed by atoms with Crippen molar-refractivity contribution in [2.24, 2.45) is 0 Å². The Balaban J connectivity index is 2.09. The minimum atomic E-state index is -0.811. The molecular weight excluding hydrogens is 273 g/mol. The Kier molecular flexibility index (Phi) is 5.31. The summed E-state index contributed by atoms with van der Waals surface area (Å²) in [6.45, 7) is 5.45. The first kappa shape index (κ1) is 15.9. The molecule has 0 amide bonds. The van der Waals surface area contributed by atoms with E-state index in [9.17, 15) is 9.18 Å². The van der Waals surface area contributed by atoms with Crippen LogP contribution in [0.25, 0.3) is 0 Å². The van der Waals surface area contributed by atoms with Gasteiger partial charge in [-0.25, -0.2) is 4.39 Å². The van der Waals surface area contributed by atoms with Crippen LogP contribution in [0.1, 0.15) is 25.8 Å².